The average molecular weight is 834 g/mol. The van der Waals surface area contributed by atoms with Crippen molar-refractivity contribution < 1.29 is 33.5 Å². The van der Waals surface area contributed by atoms with E-state index < -0.39 is 35.6 Å². The first-order chi connectivity index (χ1) is 28.1. The average Bonchev–Trinajstić information content (AvgIpc) is 3.92. The molecule has 2 saturated heterocycles. The summed E-state index contributed by atoms with van der Waals surface area (Å²) in [4.78, 5) is 79.5. The quantitative estimate of drug-likeness (QED) is 0.0935. The van der Waals surface area contributed by atoms with Gasteiger partial charge in [-0.25, -0.2) is 0 Å². The van der Waals surface area contributed by atoms with E-state index in [9.17, 15) is 28.8 Å². The summed E-state index contributed by atoms with van der Waals surface area (Å²) in [5.74, 6) is -2.86. The van der Waals surface area contributed by atoms with Gasteiger partial charge in [-0.2, -0.15) is 5.10 Å². The van der Waals surface area contributed by atoms with Gasteiger partial charge in [-0.05, 0) is 82.2 Å². The van der Waals surface area contributed by atoms with Crippen molar-refractivity contribution in [2.75, 3.05) is 31.6 Å². The fourth-order valence-corrected chi connectivity index (χ4v) is 7.95. The summed E-state index contributed by atoms with van der Waals surface area (Å²) < 4.78 is 7.74. The molecule has 0 radical (unpaired) electrons. The minimum absolute atomic E-state index is 0.0121. The van der Waals surface area contributed by atoms with Gasteiger partial charge >= 0.3 is 0 Å². The second-order valence-electron chi connectivity index (χ2n) is 14.4. The highest BCUT2D eigenvalue weighted by atomic mass is 35.5. The number of aromatic nitrogens is 5. The van der Waals surface area contributed by atoms with E-state index >= 15 is 0 Å². The van der Waals surface area contributed by atoms with E-state index in [1.807, 2.05) is 10.9 Å². The van der Waals surface area contributed by atoms with Crippen molar-refractivity contribution in [3.63, 3.8) is 0 Å². The fraction of sp³-hybridized carbons (Fsp3) is 0.410. The largest absolute Gasteiger partial charge is 0.493 e. The van der Waals surface area contributed by atoms with Crippen molar-refractivity contribution in [1.29, 1.82) is 0 Å². The Morgan fingerprint density at radius 1 is 0.897 bits per heavy atom. The number of piperidine rings is 2. The lowest BCUT2D eigenvalue weighted by Gasteiger charge is -2.32. The number of aryl methyl sites for hydroxylation is 2. The number of unbranched alkanes of at least 4 members (excludes halogenated alkanes) is 2. The van der Waals surface area contributed by atoms with E-state index in [0.717, 1.165) is 68.8 Å². The number of H-pyrrole nitrogens is 1. The van der Waals surface area contributed by atoms with Gasteiger partial charge in [-0.15, -0.1) is 5.10 Å². The summed E-state index contributed by atoms with van der Waals surface area (Å²) >= 11 is 12.3. The molecule has 0 bridgehead atoms. The first-order valence-electron chi connectivity index (χ1n) is 19.3. The van der Waals surface area contributed by atoms with Gasteiger partial charge in [0.05, 0.1) is 50.9 Å². The van der Waals surface area contributed by atoms with Crippen LogP contribution in [0.5, 0.6) is 5.75 Å². The van der Waals surface area contributed by atoms with Crippen molar-refractivity contribution in [3.05, 3.63) is 86.9 Å². The second kappa shape index (κ2) is 18.3. The zero-order valence-electron chi connectivity index (χ0n) is 31.5. The second-order valence-corrected chi connectivity index (χ2v) is 15.2. The number of benzene rings is 2. The number of ether oxygens (including phenoxy) is 1. The minimum atomic E-state index is -1.03. The summed E-state index contributed by atoms with van der Waals surface area (Å²) in [5.41, 5.74) is 1.74. The first kappa shape index (κ1) is 40.5. The lowest BCUT2D eigenvalue weighted by molar-refractivity contribution is -0.136. The fourth-order valence-electron chi connectivity index (χ4n) is 7.38. The summed E-state index contributed by atoms with van der Waals surface area (Å²) in [6, 6.07) is 8.54. The number of carbonyl (C=O) groups excluding carboxylic acids is 6. The lowest BCUT2D eigenvalue weighted by atomic mass is 10.0. The van der Waals surface area contributed by atoms with Gasteiger partial charge in [0.15, 0.2) is 0 Å². The highest BCUT2D eigenvalue weighted by molar-refractivity contribution is 6.40. The summed E-state index contributed by atoms with van der Waals surface area (Å²) in [6.45, 7) is 3.60. The maximum absolute atomic E-state index is 13.3. The predicted molar refractivity (Wildman–Crippen MR) is 211 cm³/mol. The topological polar surface area (TPSA) is 214 Å². The lowest BCUT2D eigenvalue weighted by Crippen LogP contribution is -2.54. The number of imide groups is 2. The smallest absolute Gasteiger partial charge is 0.271 e. The number of anilines is 1. The number of halogens is 2. The molecule has 304 valence electrons. The Morgan fingerprint density at radius 2 is 1.66 bits per heavy atom. The molecular formula is C39H42Cl2N10O7. The number of likely N-dealkylation sites (tertiary alicyclic amines) is 1. The van der Waals surface area contributed by atoms with Gasteiger partial charge in [0.1, 0.15) is 17.5 Å². The number of nitrogens with one attached hydrogen (secondary N) is 4. The summed E-state index contributed by atoms with van der Waals surface area (Å²) in [5, 5.41) is 23.5. The van der Waals surface area contributed by atoms with Gasteiger partial charge in [-0.1, -0.05) is 40.5 Å². The van der Waals surface area contributed by atoms with E-state index in [4.69, 9.17) is 27.9 Å². The third-order valence-corrected chi connectivity index (χ3v) is 11.1. The van der Waals surface area contributed by atoms with Crippen molar-refractivity contribution >= 4 is 64.3 Å². The van der Waals surface area contributed by atoms with Gasteiger partial charge in [0.25, 0.3) is 23.6 Å². The van der Waals surface area contributed by atoms with Crippen LogP contribution in [0.4, 0.5) is 5.69 Å². The Balaban J connectivity index is 0.771. The third kappa shape index (κ3) is 9.22. The van der Waals surface area contributed by atoms with Crippen molar-refractivity contribution in [2.45, 2.75) is 76.4 Å². The molecular weight excluding hydrogens is 791 g/mol. The van der Waals surface area contributed by atoms with Crippen LogP contribution in [-0.2, 0) is 22.6 Å². The Kier molecular flexibility index (Phi) is 12.8. The molecule has 2 fully saturated rings. The molecule has 7 rings (SSSR count). The van der Waals surface area contributed by atoms with E-state index in [-0.39, 0.29) is 68.7 Å². The summed E-state index contributed by atoms with van der Waals surface area (Å²) in [6.07, 6.45) is 9.24. The van der Waals surface area contributed by atoms with Crippen LogP contribution in [-0.4, -0.2) is 109 Å². The number of hydrogen-bond donors (Lipinski definition) is 4. The Labute approximate surface area is 343 Å². The van der Waals surface area contributed by atoms with Crippen molar-refractivity contribution in [1.82, 2.24) is 45.6 Å². The van der Waals surface area contributed by atoms with Crippen LogP contribution in [0.2, 0.25) is 10.0 Å². The molecule has 4 N–H and O–H groups in total. The normalized spacial score (nSPS) is 17.3. The molecule has 17 nitrogen and oxygen atoms in total. The summed E-state index contributed by atoms with van der Waals surface area (Å²) in [7, 11) is 0. The molecule has 58 heavy (non-hydrogen) atoms. The molecule has 0 saturated carbocycles. The van der Waals surface area contributed by atoms with E-state index in [0.29, 0.717) is 19.6 Å². The predicted octanol–water partition coefficient (Wildman–Crippen LogP) is 4.04. The maximum atomic E-state index is 13.3. The molecule has 0 aliphatic carbocycles. The molecule has 1 atom stereocenters. The number of carbonyl (C=O) groups is 6. The number of rotatable bonds is 16. The van der Waals surface area contributed by atoms with Gasteiger partial charge in [0, 0.05) is 38.3 Å². The number of amides is 6. The SMILES string of the molecule is O=C1CCC(N2C(=O)c3cccc(OCCCCn4cc(CCCCN5CCC(NC(=O)c6[nH]ncc6NC(=O)c6c(Cl)cccc6Cl)CC5)nn4)c3C2=O)C(=O)N1. The minimum Gasteiger partial charge on any atom is -0.493 e. The van der Waals surface area contributed by atoms with E-state index in [1.54, 1.807) is 30.3 Å². The Morgan fingerprint density at radius 3 is 2.43 bits per heavy atom. The number of hydrogen-bond acceptors (Lipinski definition) is 11. The van der Waals surface area contributed by atoms with Crippen LogP contribution in [0.15, 0.2) is 48.8 Å². The van der Waals surface area contributed by atoms with Gasteiger partial charge in [0.2, 0.25) is 11.8 Å². The Bertz CT molecular complexity index is 2200. The van der Waals surface area contributed by atoms with Crippen LogP contribution < -0.4 is 20.7 Å². The van der Waals surface area contributed by atoms with E-state index in [2.05, 4.69) is 41.4 Å². The molecule has 19 heteroatoms. The number of nitrogens with zero attached hydrogens (tertiary/aromatic N) is 6. The number of aromatic amines is 1. The zero-order chi connectivity index (χ0) is 40.8. The zero-order valence-corrected chi connectivity index (χ0v) is 33.0. The van der Waals surface area contributed by atoms with Crippen LogP contribution in [0.1, 0.15) is 98.6 Å². The standard InChI is InChI=1S/C39H42Cl2N10O7/c40-26-9-6-10-27(41)33(26)36(54)44-28-21-42-47-34(28)37(55)43-23-14-18-49(19-15-23)16-2-1-7-24-22-50(48-46-24)17-3-4-20-58-30-11-5-8-25-32(30)39(57)51(38(25)56)29-12-13-31(52)45-35(29)53/h5-6,8-11,21-23,29H,1-4,7,12-20H2,(H,42,47)(H,43,55)(H,44,54)(H,45,52,53). The number of fused-ring (bicyclic) bond motifs is 1. The van der Waals surface area contributed by atoms with Gasteiger partial charge < -0.3 is 20.3 Å². The maximum Gasteiger partial charge on any atom is 0.271 e. The molecule has 2 aromatic carbocycles. The molecule has 6 amide bonds. The van der Waals surface area contributed by atoms with E-state index in [1.165, 1.54) is 12.3 Å². The molecule has 2 aromatic heterocycles. The van der Waals surface area contributed by atoms with Crippen LogP contribution in [0.25, 0.3) is 0 Å². The molecule has 1 unspecified atom stereocenters. The molecule has 3 aliphatic heterocycles. The van der Waals surface area contributed by atoms with Crippen molar-refractivity contribution in [2.24, 2.45) is 0 Å². The molecule has 3 aliphatic rings. The van der Waals surface area contributed by atoms with Crippen molar-refractivity contribution in [3.8, 4) is 5.75 Å². The third-order valence-electron chi connectivity index (χ3n) is 10.4. The highest BCUT2D eigenvalue weighted by Gasteiger charge is 2.46. The molecule has 0 spiro atoms. The Hall–Kier alpha value is -5.65. The van der Waals surface area contributed by atoms with Crippen LogP contribution in [0, 0.1) is 0 Å². The monoisotopic (exact) mass is 832 g/mol. The highest BCUT2D eigenvalue weighted by Crippen LogP contribution is 2.34. The first-order valence-corrected chi connectivity index (χ1v) is 20.0. The molecule has 4 aromatic rings. The van der Waals surface area contributed by atoms with Crippen LogP contribution >= 0.6 is 23.2 Å². The van der Waals surface area contributed by atoms with Gasteiger partial charge in [-0.3, -0.25) is 48.8 Å². The van der Waals surface area contributed by atoms with Crippen LogP contribution in [0.3, 0.4) is 0 Å². The molecule has 5 heterocycles.